The molecule has 0 bridgehead atoms. The summed E-state index contributed by atoms with van der Waals surface area (Å²) in [6.07, 6.45) is 1.96. The Morgan fingerprint density at radius 1 is 1.07 bits per heavy atom. The summed E-state index contributed by atoms with van der Waals surface area (Å²) in [4.78, 5) is 36.5. The highest BCUT2D eigenvalue weighted by molar-refractivity contribution is 6.27. The standard InChI is InChI=1S/C18H20N4O.C2H2O4/c1-13-12-22-16(19-11-14-7-5-4-6-8-14)9-15(10-17(22)20-13)18(23)21(2)3;3-1(4)2(5)6/h4-10,12,19H,11H2,1-3H3;(H,3,4)(H,5,6). The summed E-state index contributed by atoms with van der Waals surface area (Å²) in [5.41, 5.74) is 3.50. The Balaban J connectivity index is 0.000000438. The lowest BCUT2D eigenvalue weighted by Gasteiger charge is -2.14. The van der Waals surface area contributed by atoms with Crippen LogP contribution in [0.2, 0.25) is 0 Å². The highest BCUT2D eigenvalue weighted by Gasteiger charge is 2.13. The number of hydrogen-bond acceptors (Lipinski definition) is 5. The molecule has 3 aromatic rings. The summed E-state index contributed by atoms with van der Waals surface area (Å²) in [7, 11) is 3.50. The molecule has 0 spiro atoms. The van der Waals surface area contributed by atoms with Gasteiger partial charge in [-0.1, -0.05) is 30.3 Å². The Bertz CT molecular complexity index is 1020. The van der Waals surface area contributed by atoms with Gasteiger partial charge in [-0.05, 0) is 24.6 Å². The second-order valence-electron chi connectivity index (χ2n) is 6.39. The number of fused-ring (bicyclic) bond motifs is 1. The van der Waals surface area contributed by atoms with Crippen LogP contribution in [0.4, 0.5) is 5.82 Å². The highest BCUT2D eigenvalue weighted by atomic mass is 16.4. The van der Waals surface area contributed by atoms with Crippen LogP contribution in [0, 0.1) is 6.92 Å². The maximum atomic E-state index is 12.3. The largest absolute Gasteiger partial charge is 0.473 e. The highest BCUT2D eigenvalue weighted by Crippen LogP contribution is 2.18. The molecule has 0 aliphatic carbocycles. The Kier molecular flexibility index (Phi) is 6.91. The molecule has 0 aliphatic rings. The van der Waals surface area contributed by atoms with E-state index in [4.69, 9.17) is 19.8 Å². The zero-order valence-electron chi connectivity index (χ0n) is 16.3. The molecule has 3 N–H and O–H groups in total. The summed E-state index contributed by atoms with van der Waals surface area (Å²) in [6, 6.07) is 13.9. The molecule has 29 heavy (non-hydrogen) atoms. The van der Waals surface area contributed by atoms with E-state index in [9.17, 15) is 4.79 Å². The molecule has 0 unspecified atom stereocenters. The molecule has 9 nitrogen and oxygen atoms in total. The number of nitrogens with zero attached hydrogens (tertiary/aromatic N) is 3. The van der Waals surface area contributed by atoms with Crippen LogP contribution in [-0.2, 0) is 16.1 Å². The zero-order chi connectivity index (χ0) is 21.6. The van der Waals surface area contributed by atoms with Gasteiger partial charge in [-0.3, -0.25) is 9.20 Å². The Morgan fingerprint density at radius 3 is 2.24 bits per heavy atom. The Labute approximate surface area is 167 Å². The fourth-order valence-corrected chi connectivity index (χ4v) is 2.52. The smallest absolute Gasteiger partial charge is 0.414 e. The van der Waals surface area contributed by atoms with Crippen LogP contribution < -0.4 is 5.32 Å². The number of carbonyl (C=O) groups excluding carboxylic acids is 1. The monoisotopic (exact) mass is 398 g/mol. The van der Waals surface area contributed by atoms with E-state index in [1.54, 1.807) is 19.0 Å². The van der Waals surface area contributed by atoms with Gasteiger partial charge in [0.2, 0.25) is 0 Å². The first-order valence-corrected chi connectivity index (χ1v) is 8.64. The molecule has 1 aromatic carbocycles. The second kappa shape index (κ2) is 9.36. The van der Waals surface area contributed by atoms with Gasteiger partial charge in [-0.2, -0.15) is 0 Å². The minimum absolute atomic E-state index is 0.0316. The van der Waals surface area contributed by atoms with Gasteiger partial charge < -0.3 is 20.4 Å². The van der Waals surface area contributed by atoms with Gasteiger partial charge in [0.1, 0.15) is 11.5 Å². The van der Waals surface area contributed by atoms with Crippen LogP contribution in [0.3, 0.4) is 0 Å². The van der Waals surface area contributed by atoms with Crippen LogP contribution in [0.1, 0.15) is 21.6 Å². The third kappa shape index (κ3) is 5.80. The number of anilines is 1. The summed E-state index contributed by atoms with van der Waals surface area (Å²) < 4.78 is 1.98. The molecular formula is C20H22N4O5. The molecule has 2 heterocycles. The van der Waals surface area contributed by atoms with Crippen molar-refractivity contribution in [3.05, 3.63) is 65.5 Å². The van der Waals surface area contributed by atoms with Crippen molar-refractivity contribution in [1.29, 1.82) is 0 Å². The van der Waals surface area contributed by atoms with Crippen molar-refractivity contribution in [3.63, 3.8) is 0 Å². The molecule has 0 radical (unpaired) electrons. The summed E-state index contributed by atoms with van der Waals surface area (Å²) in [6.45, 7) is 2.63. The molecule has 0 atom stereocenters. The van der Waals surface area contributed by atoms with Crippen molar-refractivity contribution in [1.82, 2.24) is 14.3 Å². The van der Waals surface area contributed by atoms with Crippen LogP contribution in [0.15, 0.2) is 48.7 Å². The number of rotatable bonds is 4. The van der Waals surface area contributed by atoms with E-state index in [2.05, 4.69) is 22.4 Å². The lowest BCUT2D eigenvalue weighted by molar-refractivity contribution is -0.159. The average molecular weight is 398 g/mol. The van der Waals surface area contributed by atoms with Crippen molar-refractivity contribution >= 4 is 29.3 Å². The van der Waals surface area contributed by atoms with Crippen molar-refractivity contribution in [2.45, 2.75) is 13.5 Å². The summed E-state index contributed by atoms with van der Waals surface area (Å²) in [5.74, 6) is -2.82. The minimum atomic E-state index is -1.82. The van der Waals surface area contributed by atoms with E-state index in [0.717, 1.165) is 17.2 Å². The molecule has 152 valence electrons. The number of benzene rings is 1. The number of carbonyl (C=O) groups is 3. The lowest BCUT2D eigenvalue weighted by Crippen LogP contribution is -2.22. The van der Waals surface area contributed by atoms with Crippen molar-refractivity contribution in [2.75, 3.05) is 19.4 Å². The number of pyridine rings is 1. The first-order chi connectivity index (χ1) is 13.7. The number of carboxylic acids is 2. The van der Waals surface area contributed by atoms with Crippen LogP contribution in [-0.4, -0.2) is 56.4 Å². The average Bonchev–Trinajstić information content (AvgIpc) is 3.06. The van der Waals surface area contributed by atoms with Crippen molar-refractivity contribution < 1.29 is 24.6 Å². The maximum Gasteiger partial charge on any atom is 0.414 e. The number of hydrogen-bond donors (Lipinski definition) is 3. The molecule has 2 aromatic heterocycles. The van der Waals surface area contributed by atoms with E-state index >= 15 is 0 Å². The summed E-state index contributed by atoms with van der Waals surface area (Å²) in [5, 5.41) is 18.2. The lowest BCUT2D eigenvalue weighted by atomic mass is 10.2. The molecule has 0 aliphatic heterocycles. The Hall–Kier alpha value is -3.88. The molecule has 9 heteroatoms. The molecule has 0 saturated heterocycles. The molecule has 0 fully saturated rings. The number of aliphatic carboxylic acids is 2. The van der Waals surface area contributed by atoms with E-state index in [0.29, 0.717) is 12.1 Å². The quantitative estimate of drug-likeness (QED) is 0.575. The second-order valence-corrected chi connectivity index (χ2v) is 6.39. The Morgan fingerprint density at radius 2 is 1.69 bits per heavy atom. The first-order valence-electron chi connectivity index (χ1n) is 8.64. The zero-order valence-corrected chi connectivity index (χ0v) is 16.3. The van der Waals surface area contributed by atoms with Gasteiger partial charge in [0, 0.05) is 32.4 Å². The van der Waals surface area contributed by atoms with E-state index in [1.807, 2.05) is 47.9 Å². The molecule has 0 saturated carbocycles. The third-order valence-corrected chi connectivity index (χ3v) is 3.84. The third-order valence-electron chi connectivity index (χ3n) is 3.84. The number of aryl methyl sites for hydroxylation is 1. The van der Waals surface area contributed by atoms with E-state index in [1.165, 1.54) is 5.56 Å². The van der Waals surface area contributed by atoms with Crippen LogP contribution in [0.5, 0.6) is 0 Å². The van der Waals surface area contributed by atoms with Gasteiger partial charge in [-0.15, -0.1) is 0 Å². The number of nitrogens with one attached hydrogen (secondary N) is 1. The normalized spacial score (nSPS) is 10.0. The molecular weight excluding hydrogens is 376 g/mol. The van der Waals surface area contributed by atoms with Gasteiger partial charge in [0.05, 0.1) is 5.69 Å². The minimum Gasteiger partial charge on any atom is -0.473 e. The number of aromatic nitrogens is 2. The van der Waals surface area contributed by atoms with Crippen LogP contribution >= 0.6 is 0 Å². The predicted molar refractivity (Wildman–Crippen MR) is 107 cm³/mol. The van der Waals surface area contributed by atoms with Gasteiger partial charge >= 0.3 is 11.9 Å². The van der Waals surface area contributed by atoms with Crippen LogP contribution in [0.25, 0.3) is 5.65 Å². The van der Waals surface area contributed by atoms with Gasteiger partial charge in [-0.25, -0.2) is 14.6 Å². The van der Waals surface area contributed by atoms with E-state index in [-0.39, 0.29) is 5.91 Å². The van der Waals surface area contributed by atoms with E-state index < -0.39 is 11.9 Å². The van der Waals surface area contributed by atoms with Gasteiger partial charge in [0.15, 0.2) is 0 Å². The maximum absolute atomic E-state index is 12.3. The van der Waals surface area contributed by atoms with Crippen molar-refractivity contribution in [2.24, 2.45) is 0 Å². The number of amides is 1. The first kappa shape index (κ1) is 21.4. The fraction of sp³-hybridized carbons (Fsp3) is 0.200. The fourth-order valence-electron chi connectivity index (χ4n) is 2.52. The predicted octanol–water partition coefficient (Wildman–Crippen LogP) is 2.11. The van der Waals surface area contributed by atoms with Gasteiger partial charge in [0.25, 0.3) is 5.91 Å². The van der Waals surface area contributed by atoms with Crippen molar-refractivity contribution in [3.8, 4) is 0 Å². The summed E-state index contributed by atoms with van der Waals surface area (Å²) >= 11 is 0. The SMILES string of the molecule is Cc1cn2c(NCc3ccccc3)cc(C(=O)N(C)C)cc2n1.O=C(O)C(=O)O. The molecule has 3 rings (SSSR count). The number of imidazole rings is 1. The topological polar surface area (TPSA) is 124 Å². The molecule has 1 amide bonds. The number of carboxylic acid groups (broad SMARTS) is 2.